The molecule has 1 saturated heterocycles. The largest absolute Gasteiger partial charge is 0.379 e. The van der Waals surface area contributed by atoms with Crippen LogP contribution >= 0.6 is 23.4 Å². The van der Waals surface area contributed by atoms with Crippen LogP contribution in [0.4, 0.5) is 5.69 Å². The first-order valence-electron chi connectivity index (χ1n) is 12.6. The molecular weight excluding hydrogens is 522 g/mol. The number of carbonyl (C=O) groups is 2. The minimum absolute atomic E-state index is 0.0715. The van der Waals surface area contributed by atoms with Gasteiger partial charge in [0.2, 0.25) is 5.91 Å². The Balaban J connectivity index is 1.36. The van der Waals surface area contributed by atoms with E-state index in [-0.39, 0.29) is 18.2 Å². The lowest BCUT2D eigenvalue weighted by Crippen LogP contribution is -2.42. The average Bonchev–Trinajstić information content (AvgIpc) is 3.30. The number of hydrogen-bond acceptors (Lipinski definition) is 7. The van der Waals surface area contributed by atoms with Crippen LogP contribution in [-0.2, 0) is 14.3 Å². The molecule has 198 valence electrons. The zero-order valence-electron chi connectivity index (χ0n) is 21.2. The number of morpholine rings is 1. The van der Waals surface area contributed by atoms with Crippen molar-refractivity contribution in [2.45, 2.75) is 19.4 Å². The predicted molar refractivity (Wildman–Crippen MR) is 152 cm³/mol. The lowest BCUT2D eigenvalue weighted by molar-refractivity contribution is -0.120. The maximum atomic E-state index is 13.6. The van der Waals surface area contributed by atoms with Crippen molar-refractivity contribution in [3.63, 3.8) is 0 Å². The third-order valence-electron chi connectivity index (χ3n) is 6.64. The topological polar surface area (TPSA) is 86.3 Å². The van der Waals surface area contributed by atoms with Crippen LogP contribution in [0.15, 0.2) is 82.0 Å². The summed E-state index contributed by atoms with van der Waals surface area (Å²) in [6.45, 7) is 6.43. The number of amides is 2. The molecule has 3 heterocycles. The third kappa shape index (κ3) is 6.13. The van der Waals surface area contributed by atoms with Crippen LogP contribution in [0.2, 0.25) is 5.02 Å². The molecule has 0 spiro atoms. The Kier molecular flexibility index (Phi) is 8.48. The second-order valence-corrected chi connectivity index (χ2v) is 10.5. The molecule has 1 unspecified atom stereocenters. The summed E-state index contributed by atoms with van der Waals surface area (Å²) in [6, 6.07) is 16.3. The van der Waals surface area contributed by atoms with Crippen LogP contribution in [0.3, 0.4) is 0 Å². The Labute approximate surface area is 231 Å². The number of thioether (sulfide) groups is 1. The van der Waals surface area contributed by atoms with Gasteiger partial charge < -0.3 is 20.3 Å². The number of aliphatic imine (C=N–C) groups is 1. The fourth-order valence-electron chi connectivity index (χ4n) is 4.78. The van der Waals surface area contributed by atoms with Crippen molar-refractivity contribution in [3.05, 3.63) is 87.6 Å². The van der Waals surface area contributed by atoms with Gasteiger partial charge in [-0.25, -0.2) is 4.99 Å². The van der Waals surface area contributed by atoms with E-state index < -0.39 is 6.04 Å². The molecule has 3 aliphatic rings. The number of rotatable bonds is 8. The lowest BCUT2D eigenvalue weighted by atomic mass is 9.93. The highest BCUT2D eigenvalue weighted by Crippen LogP contribution is 2.45. The first-order valence-corrected chi connectivity index (χ1v) is 13.9. The van der Waals surface area contributed by atoms with E-state index in [2.05, 4.69) is 15.5 Å². The highest BCUT2D eigenvalue weighted by Gasteiger charge is 2.40. The summed E-state index contributed by atoms with van der Waals surface area (Å²) in [4.78, 5) is 35.6. The Bertz CT molecular complexity index is 1290. The number of nitrogens with zero attached hydrogens (tertiary/aromatic N) is 3. The zero-order chi connectivity index (χ0) is 26.5. The molecule has 2 N–H and O–H groups in total. The van der Waals surface area contributed by atoms with Gasteiger partial charge in [-0.15, -0.1) is 0 Å². The van der Waals surface area contributed by atoms with E-state index >= 15 is 0 Å². The van der Waals surface area contributed by atoms with Gasteiger partial charge in [0.25, 0.3) is 5.91 Å². The van der Waals surface area contributed by atoms with Crippen molar-refractivity contribution in [3.8, 4) is 0 Å². The highest BCUT2D eigenvalue weighted by molar-refractivity contribution is 8.16. The normalized spacial score (nSPS) is 19.5. The highest BCUT2D eigenvalue weighted by atomic mass is 35.5. The standard InChI is InChI=1S/C28H30ClN5O3S/c1-19-25(27(36)32-22-8-3-2-4-9-22)26(20-6-5-7-21(29)16-20)34-23(18-38-28(34)31-19)17-24(35)30-10-11-33-12-14-37-15-13-33/h2-9,16,18,26H,10-15,17H2,1H3,(H,30,35)(H,32,36). The van der Waals surface area contributed by atoms with Crippen molar-refractivity contribution in [1.82, 2.24) is 15.1 Å². The summed E-state index contributed by atoms with van der Waals surface area (Å²) in [6.07, 6.45) is 0.179. The van der Waals surface area contributed by atoms with Gasteiger partial charge in [0, 0.05) is 42.6 Å². The van der Waals surface area contributed by atoms with Gasteiger partial charge in [-0.1, -0.05) is 53.7 Å². The molecule has 5 rings (SSSR count). The molecule has 2 amide bonds. The average molecular weight is 552 g/mol. The number of ether oxygens (including phenoxy) is 1. The summed E-state index contributed by atoms with van der Waals surface area (Å²) in [5.74, 6) is -0.314. The van der Waals surface area contributed by atoms with E-state index in [1.807, 2.05) is 65.8 Å². The zero-order valence-corrected chi connectivity index (χ0v) is 22.7. The first kappa shape index (κ1) is 26.5. The summed E-state index contributed by atoms with van der Waals surface area (Å²) < 4.78 is 5.39. The number of carbonyl (C=O) groups excluding carboxylic acids is 2. The molecule has 10 heteroatoms. The van der Waals surface area contributed by atoms with Crippen LogP contribution in [0.25, 0.3) is 0 Å². The summed E-state index contributed by atoms with van der Waals surface area (Å²) in [5.41, 5.74) is 3.49. The molecule has 1 atom stereocenters. The van der Waals surface area contributed by atoms with Crippen molar-refractivity contribution >= 4 is 46.0 Å². The monoisotopic (exact) mass is 551 g/mol. The first-order chi connectivity index (χ1) is 18.5. The van der Waals surface area contributed by atoms with Crippen LogP contribution in [0.1, 0.15) is 24.9 Å². The molecule has 1 fully saturated rings. The Hall–Kier alpha value is -3.11. The van der Waals surface area contributed by atoms with Gasteiger partial charge in [-0.05, 0) is 42.2 Å². The number of anilines is 1. The van der Waals surface area contributed by atoms with E-state index in [0.29, 0.717) is 28.5 Å². The molecule has 38 heavy (non-hydrogen) atoms. The molecule has 0 aromatic heterocycles. The minimum Gasteiger partial charge on any atom is -0.379 e. The number of nitrogens with one attached hydrogen (secondary N) is 2. The molecule has 2 aromatic carbocycles. The van der Waals surface area contributed by atoms with E-state index in [0.717, 1.165) is 49.3 Å². The van der Waals surface area contributed by atoms with Gasteiger partial charge in [0.05, 0.1) is 36.9 Å². The number of para-hydroxylation sites is 1. The molecule has 0 bridgehead atoms. The van der Waals surface area contributed by atoms with Crippen molar-refractivity contribution in [2.75, 3.05) is 44.7 Å². The second kappa shape index (κ2) is 12.2. The number of benzene rings is 2. The molecule has 0 aliphatic carbocycles. The van der Waals surface area contributed by atoms with Gasteiger partial charge in [-0.2, -0.15) is 0 Å². The Morgan fingerprint density at radius 2 is 1.92 bits per heavy atom. The SMILES string of the molecule is CC1=C(C(=O)Nc2ccccc2)C(c2cccc(Cl)c2)N2C(CC(=O)NCCN3CCOCC3)=CSC2=N1. The third-order valence-corrected chi connectivity index (χ3v) is 7.76. The smallest absolute Gasteiger partial charge is 0.255 e. The van der Waals surface area contributed by atoms with Crippen LogP contribution < -0.4 is 10.6 Å². The van der Waals surface area contributed by atoms with E-state index in [1.54, 1.807) is 6.07 Å². The van der Waals surface area contributed by atoms with E-state index in [9.17, 15) is 9.59 Å². The van der Waals surface area contributed by atoms with Gasteiger partial charge in [0.1, 0.15) is 0 Å². The number of halogens is 1. The Morgan fingerprint density at radius 1 is 1.13 bits per heavy atom. The quantitative estimate of drug-likeness (QED) is 0.506. The van der Waals surface area contributed by atoms with Crippen molar-refractivity contribution < 1.29 is 14.3 Å². The van der Waals surface area contributed by atoms with Gasteiger partial charge >= 0.3 is 0 Å². The van der Waals surface area contributed by atoms with Crippen molar-refractivity contribution in [1.29, 1.82) is 0 Å². The number of amidine groups is 1. The second-order valence-electron chi connectivity index (χ2n) is 9.25. The Morgan fingerprint density at radius 3 is 2.68 bits per heavy atom. The summed E-state index contributed by atoms with van der Waals surface area (Å²) >= 11 is 7.84. The van der Waals surface area contributed by atoms with Crippen LogP contribution in [0, 0.1) is 0 Å². The predicted octanol–water partition coefficient (Wildman–Crippen LogP) is 4.39. The van der Waals surface area contributed by atoms with E-state index in [4.69, 9.17) is 21.3 Å². The fourth-order valence-corrected chi connectivity index (χ4v) is 5.94. The minimum atomic E-state index is -0.479. The molecule has 0 saturated carbocycles. The maximum Gasteiger partial charge on any atom is 0.255 e. The number of hydrogen-bond donors (Lipinski definition) is 2. The van der Waals surface area contributed by atoms with E-state index in [1.165, 1.54) is 11.8 Å². The number of fused-ring (bicyclic) bond motifs is 1. The molecular formula is C28H30ClN5O3S. The molecule has 8 nitrogen and oxygen atoms in total. The summed E-state index contributed by atoms with van der Waals surface area (Å²) in [5, 5.41) is 9.31. The van der Waals surface area contributed by atoms with Crippen LogP contribution in [0.5, 0.6) is 0 Å². The summed E-state index contributed by atoms with van der Waals surface area (Å²) in [7, 11) is 0. The molecule has 2 aromatic rings. The fraction of sp³-hybridized carbons (Fsp3) is 0.321. The van der Waals surface area contributed by atoms with Crippen LogP contribution in [-0.4, -0.2) is 66.2 Å². The maximum absolute atomic E-state index is 13.6. The van der Waals surface area contributed by atoms with Gasteiger partial charge in [0.15, 0.2) is 5.17 Å². The number of allylic oxidation sites excluding steroid dienone is 1. The van der Waals surface area contributed by atoms with Crippen molar-refractivity contribution in [2.24, 2.45) is 4.99 Å². The molecule has 3 aliphatic heterocycles. The lowest BCUT2D eigenvalue weighted by Gasteiger charge is -2.36. The van der Waals surface area contributed by atoms with Gasteiger partial charge in [-0.3, -0.25) is 14.5 Å². The molecule has 0 radical (unpaired) electrons.